The van der Waals surface area contributed by atoms with E-state index < -0.39 is 0 Å². The van der Waals surface area contributed by atoms with Gasteiger partial charge in [-0.15, -0.1) is 0 Å². The first-order valence-corrected chi connectivity index (χ1v) is 9.35. The molecule has 4 rings (SSSR count). The number of pyridine rings is 1. The molecule has 3 aromatic rings. The van der Waals surface area contributed by atoms with Gasteiger partial charge in [0.1, 0.15) is 5.82 Å². The third kappa shape index (κ3) is 3.66. The molecule has 1 fully saturated rings. The normalized spacial score (nSPS) is 15.5. The molecule has 0 N–H and O–H groups in total. The number of hydrogen-bond acceptors (Lipinski definition) is 5. The molecule has 7 heteroatoms. The summed E-state index contributed by atoms with van der Waals surface area (Å²) in [6, 6.07) is 12.1. The van der Waals surface area contributed by atoms with Crippen molar-refractivity contribution >= 4 is 22.1 Å². The summed E-state index contributed by atoms with van der Waals surface area (Å²) in [6.07, 6.45) is 4.16. The number of fused-ring (bicyclic) bond motifs is 1. The zero-order chi connectivity index (χ0) is 19.5. The Labute approximate surface area is 162 Å². The molecule has 1 aliphatic rings. The van der Waals surface area contributed by atoms with Crippen molar-refractivity contribution < 1.29 is 9.31 Å². The van der Waals surface area contributed by atoms with E-state index in [0.717, 1.165) is 43.7 Å². The van der Waals surface area contributed by atoms with Crippen LogP contribution in [-0.4, -0.2) is 41.0 Å². The second kappa shape index (κ2) is 7.90. The average molecular weight is 380 g/mol. The summed E-state index contributed by atoms with van der Waals surface area (Å²) in [7, 11) is 0. The van der Waals surface area contributed by atoms with Crippen LogP contribution in [0.15, 0.2) is 54.9 Å². The molecular formula is C21H21FN4O2. The fraction of sp³-hybridized carbons (Fsp3) is 0.286. The maximum absolute atomic E-state index is 14.0. The smallest absolute Gasteiger partial charge is 0.278 e. The van der Waals surface area contributed by atoms with Crippen LogP contribution in [0.5, 0.6) is 0 Å². The number of anilines is 1. The number of halogens is 1. The van der Waals surface area contributed by atoms with Crippen molar-refractivity contribution in [1.29, 1.82) is 0 Å². The van der Waals surface area contributed by atoms with Gasteiger partial charge in [0.2, 0.25) is 0 Å². The van der Waals surface area contributed by atoms with Gasteiger partial charge in [-0.05, 0) is 24.6 Å². The predicted octanol–water partition coefficient (Wildman–Crippen LogP) is 3.99. The first-order chi connectivity index (χ1) is 13.6. The van der Waals surface area contributed by atoms with Gasteiger partial charge in [0.25, 0.3) is 5.69 Å². The summed E-state index contributed by atoms with van der Waals surface area (Å²) in [6.45, 7) is 3.91. The Balaban J connectivity index is 1.56. The van der Waals surface area contributed by atoms with E-state index in [1.807, 2.05) is 24.3 Å². The van der Waals surface area contributed by atoms with Crippen LogP contribution in [0.4, 0.5) is 15.8 Å². The van der Waals surface area contributed by atoms with Gasteiger partial charge in [0.15, 0.2) is 0 Å². The molecule has 28 heavy (non-hydrogen) atoms. The molecule has 0 amide bonds. The largest absolute Gasteiger partial charge is 0.370 e. The van der Waals surface area contributed by atoms with Crippen LogP contribution in [0.25, 0.3) is 10.8 Å². The minimum absolute atomic E-state index is 0.0721. The van der Waals surface area contributed by atoms with Crippen LogP contribution >= 0.6 is 0 Å². The highest BCUT2D eigenvalue weighted by Gasteiger charge is 2.21. The van der Waals surface area contributed by atoms with Gasteiger partial charge in [-0.1, -0.05) is 18.2 Å². The topological polar surface area (TPSA) is 62.5 Å². The Hall–Kier alpha value is -3.06. The minimum atomic E-state index is -0.369. The number of benzene rings is 2. The molecular weight excluding hydrogens is 359 g/mol. The van der Waals surface area contributed by atoms with Crippen molar-refractivity contribution in [3.8, 4) is 0 Å². The van der Waals surface area contributed by atoms with Crippen LogP contribution in [0.2, 0.25) is 0 Å². The first-order valence-electron chi connectivity index (χ1n) is 9.35. The molecule has 0 bridgehead atoms. The number of rotatable bonds is 4. The number of nitro benzene ring substituents is 1. The zero-order valence-electron chi connectivity index (χ0n) is 15.4. The summed E-state index contributed by atoms with van der Waals surface area (Å²) in [5.74, 6) is -0.169. The average Bonchev–Trinajstić information content (AvgIpc) is 2.94. The van der Waals surface area contributed by atoms with E-state index in [4.69, 9.17) is 0 Å². The van der Waals surface area contributed by atoms with Gasteiger partial charge in [0.05, 0.1) is 10.3 Å². The van der Waals surface area contributed by atoms with Crippen LogP contribution in [-0.2, 0) is 6.54 Å². The number of nitro groups is 1. The van der Waals surface area contributed by atoms with Gasteiger partial charge in [-0.25, -0.2) is 4.39 Å². The molecule has 2 aromatic carbocycles. The lowest BCUT2D eigenvalue weighted by Gasteiger charge is -2.25. The Morgan fingerprint density at radius 2 is 1.89 bits per heavy atom. The highest BCUT2D eigenvalue weighted by Crippen LogP contribution is 2.33. The third-order valence-corrected chi connectivity index (χ3v) is 5.25. The zero-order valence-corrected chi connectivity index (χ0v) is 15.4. The Morgan fingerprint density at radius 3 is 2.71 bits per heavy atom. The van der Waals surface area contributed by atoms with E-state index in [0.29, 0.717) is 17.5 Å². The van der Waals surface area contributed by atoms with E-state index in [1.165, 1.54) is 6.07 Å². The van der Waals surface area contributed by atoms with Gasteiger partial charge in [-0.2, -0.15) is 0 Å². The number of nitrogens with zero attached hydrogens (tertiary/aromatic N) is 4. The number of aromatic nitrogens is 1. The molecule has 6 nitrogen and oxygen atoms in total. The minimum Gasteiger partial charge on any atom is -0.370 e. The Kier molecular flexibility index (Phi) is 5.16. The second-order valence-electron chi connectivity index (χ2n) is 6.99. The maximum Gasteiger partial charge on any atom is 0.278 e. The number of non-ortho nitro benzene ring substituents is 1. The van der Waals surface area contributed by atoms with Crippen LogP contribution in [0, 0.1) is 15.9 Å². The molecule has 2 heterocycles. The summed E-state index contributed by atoms with van der Waals surface area (Å²) in [4.78, 5) is 19.5. The van der Waals surface area contributed by atoms with Gasteiger partial charge in [0, 0.05) is 67.8 Å². The van der Waals surface area contributed by atoms with Crippen molar-refractivity contribution in [2.45, 2.75) is 13.0 Å². The fourth-order valence-electron chi connectivity index (χ4n) is 3.83. The summed E-state index contributed by atoms with van der Waals surface area (Å²) in [5.41, 5.74) is 1.77. The van der Waals surface area contributed by atoms with E-state index in [-0.39, 0.29) is 16.4 Å². The van der Waals surface area contributed by atoms with Crippen molar-refractivity contribution in [2.24, 2.45) is 0 Å². The lowest BCUT2D eigenvalue weighted by Crippen LogP contribution is -2.30. The lowest BCUT2D eigenvalue weighted by atomic mass is 10.1. The van der Waals surface area contributed by atoms with Crippen LogP contribution in [0.3, 0.4) is 0 Å². The molecule has 1 aromatic heterocycles. The van der Waals surface area contributed by atoms with Crippen LogP contribution < -0.4 is 4.90 Å². The summed E-state index contributed by atoms with van der Waals surface area (Å²) in [5, 5.41) is 12.7. The van der Waals surface area contributed by atoms with Gasteiger partial charge in [-0.3, -0.25) is 20.0 Å². The standard InChI is InChI=1S/C21H21FN4O2/c22-19-5-2-1-4-16(19)15-24-10-3-11-25(13-12-24)20-6-7-21(26(27)28)18-14-23-9-8-17(18)20/h1-2,4-9,14H,3,10-13,15H2. The van der Waals surface area contributed by atoms with Crippen molar-refractivity contribution in [3.63, 3.8) is 0 Å². The number of hydrogen-bond donors (Lipinski definition) is 0. The van der Waals surface area contributed by atoms with E-state index >= 15 is 0 Å². The highest BCUT2D eigenvalue weighted by atomic mass is 19.1. The van der Waals surface area contributed by atoms with Crippen molar-refractivity contribution in [1.82, 2.24) is 9.88 Å². The third-order valence-electron chi connectivity index (χ3n) is 5.25. The quantitative estimate of drug-likeness (QED) is 0.506. The summed E-state index contributed by atoms with van der Waals surface area (Å²) >= 11 is 0. The molecule has 1 aliphatic heterocycles. The predicted molar refractivity (Wildman–Crippen MR) is 107 cm³/mol. The maximum atomic E-state index is 14.0. The van der Waals surface area contributed by atoms with E-state index in [9.17, 15) is 14.5 Å². The Morgan fingerprint density at radius 1 is 1.04 bits per heavy atom. The molecule has 0 atom stereocenters. The van der Waals surface area contributed by atoms with E-state index in [2.05, 4.69) is 14.8 Å². The highest BCUT2D eigenvalue weighted by molar-refractivity contribution is 5.99. The first kappa shape index (κ1) is 18.3. The molecule has 0 radical (unpaired) electrons. The van der Waals surface area contributed by atoms with Crippen molar-refractivity contribution in [3.05, 3.63) is 76.4 Å². The molecule has 0 saturated carbocycles. The van der Waals surface area contributed by atoms with E-state index in [1.54, 1.807) is 24.5 Å². The van der Waals surface area contributed by atoms with Crippen LogP contribution in [0.1, 0.15) is 12.0 Å². The Bertz CT molecular complexity index is 1010. The SMILES string of the molecule is O=[N+]([O-])c1ccc(N2CCCN(Cc3ccccc3F)CC2)c2ccncc12. The molecule has 0 spiro atoms. The lowest BCUT2D eigenvalue weighted by molar-refractivity contribution is -0.383. The molecule has 0 unspecified atom stereocenters. The summed E-state index contributed by atoms with van der Waals surface area (Å²) < 4.78 is 14.0. The molecule has 0 aliphatic carbocycles. The van der Waals surface area contributed by atoms with Gasteiger partial charge >= 0.3 is 0 Å². The fourth-order valence-corrected chi connectivity index (χ4v) is 3.83. The van der Waals surface area contributed by atoms with Crippen molar-refractivity contribution in [2.75, 3.05) is 31.1 Å². The monoisotopic (exact) mass is 380 g/mol. The van der Waals surface area contributed by atoms with Gasteiger partial charge < -0.3 is 4.90 Å². The molecule has 144 valence electrons. The second-order valence-corrected chi connectivity index (χ2v) is 6.99. The molecule has 1 saturated heterocycles.